The summed E-state index contributed by atoms with van der Waals surface area (Å²) in [5, 5.41) is 8.82. The molecule has 0 aliphatic heterocycles. The maximum absolute atomic E-state index is 12.9. The molecule has 2 rings (SSSR count). The molecule has 6 heteroatoms. The van der Waals surface area contributed by atoms with Crippen LogP contribution >= 0.6 is 0 Å². The fourth-order valence-electron chi connectivity index (χ4n) is 1.71. The van der Waals surface area contributed by atoms with Crippen LogP contribution in [0, 0.1) is 11.3 Å². The predicted octanol–water partition coefficient (Wildman–Crippen LogP) is 4.46. The van der Waals surface area contributed by atoms with E-state index in [2.05, 4.69) is 4.74 Å². The molecular weight excluding hydrogens is 286 g/mol. The van der Waals surface area contributed by atoms with Crippen molar-refractivity contribution >= 4 is 0 Å². The van der Waals surface area contributed by atoms with Crippen molar-refractivity contribution in [2.24, 2.45) is 0 Å². The summed E-state index contributed by atoms with van der Waals surface area (Å²) in [6.07, 6.45) is -8.46. The van der Waals surface area contributed by atoms with E-state index in [1.54, 1.807) is 30.3 Å². The number of nitrogens with zero attached hydrogens (tertiary/aromatic N) is 1. The minimum Gasteiger partial charge on any atom is -0.428 e. The van der Waals surface area contributed by atoms with Gasteiger partial charge in [0.1, 0.15) is 5.75 Å². The minimum atomic E-state index is -4.55. The molecule has 2 aromatic rings. The van der Waals surface area contributed by atoms with Crippen molar-refractivity contribution in [3.05, 3.63) is 54.1 Å². The smallest absolute Gasteiger partial charge is 0.428 e. The van der Waals surface area contributed by atoms with Crippen LogP contribution in [0.2, 0.25) is 0 Å². The third kappa shape index (κ3) is 3.51. The van der Waals surface area contributed by atoms with Crippen LogP contribution in [-0.4, -0.2) is 12.5 Å². The second-order valence-electron chi connectivity index (χ2n) is 4.18. The van der Waals surface area contributed by atoms with Crippen LogP contribution in [0.3, 0.4) is 0 Å². The summed E-state index contributed by atoms with van der Waals surface area (Å²) in [5.74, 6) is -0.375. The number of hydrogen-bond donors (Lipinski definition) is 0. The third-order valence-corrected chi connectivity index (χ3v) is 2.67. The number of nitriles is 1. The van der Waals surface area contributed by atoms with Crippen LogP contribution in [-0.2, 0) is 0 Å². The largest absolute Gasteiger partial charge is 0.461 e. The zero-order valence-corrected chi connectivity index (χ0v) is 10.6. The molecule has 0 fully saturated rings. The van der Waals surface area contributed by atoms with Gasteiger partial charge in [-0.25, -0.2) is 0 Å². The fourth-order valence-corrected chi connectivity index (χ4v) is 1.71. The zero-order chi connectivity index (χ0) is 15.5. The highest BCUT2D eigenvalue weighted by Gasteiger charge is 2.43. The van der Waals surface area contributed by atoms with E-state index in [-0.39, 0.29) is 5.75 Å². The molecule has 0 heterocycles. The van der Waals surface area contributed by atoms with Crippen LogP contribution in [0.4, 0.5) is 17.6 Å². The normalized spacial score (nSPS) is 11.2. The van der Waals surface area contributed by atoms with Gasteiger partial charge >= 0.3 is 12.5 Å². The van der Waals surface area contributed by atoms with Gasteiger partial charge in [-0.05, 0) is 35.4 Å². The Morgan fingerprint density at radius 2 is 1.62 bits per heavy atom. The number of rotatable bonds is 4. The van der Waals surface area contributed by atoms with Gasteiger partial charge in [-0.1, -0.05) is 24.3 Å². The van der Waals surface area contributed by atoms with E-state index in [1.165, 1.54) is 12.1 Å². The highest BCUT2D eigenvalue weighted by molar-refractivity contribution is 5.66. The van der Waals surface area contributed by atoms with E-state index in [4.69, 9.17) is 5.26 Å². The topological polar surface area (TPSA) is 33.0 Å². The van der Waals surface area contributed by atoms with E-state index >= 15 is 0 Å². The summed E-state index contributed by atoms with van der Waals surface area (Å²) in [6, 6.07) is 13.8. The molecule has 0 atom stereocenters. The molecule has 0 amide bonds. The van der Waals surface area contributed by atoms with E-state index in [0.717, 1.165) is 6.07 Å². The molecule has 2 nitrogen and oxygen atoms in total. The van der Waals surface area contributed by atoms with E-state index in [1.807, 2.05) is 6.07 Å². The van der Waals surface area contributed by atoms with Crippen LogP contribution in [0.1, 0.15) is 5.56 Å². The Labute approximate surface area is 118 Å². The van der Waals surface area contributed by atoms with Gasteiger partial charge in [-0.3, -0.25) is 0 Å². The second kappa shape index (κ2) is 5.83. The Bertz CT molecular complexity index is 679. The van der Waals surface area contributed by atoms with E-state index in [0.29, 0.717) is 16.7 Å². The number of halogens is 4. The molecule has 0 aliphatic carbocycles. The quantitative estimate of drug-likeness (QED) is 0.780. The maximum atomic E-state index is 12.9. The molecule has 0 N–H and O–H groups in total. The number of benzene rings is 2. The first-order valence-electron chi connectivity index (χ1n) is 5.88. The van der Waals surface area contributed by atoms with Gasteiger partial charge < -0.3 is 4.74 Å². The summed E-state index contributed by atoms with van der Waals surface area (Å²) >= 11 is 0. The summed E-state index contributed by atoms with van der Waals surface area (Å²) in [5.41, 5.74) is 1.48. The van der Waals surface area contributed by atoms with Gasteiger partial charge in [0.25, 0.3) is 0 Å². The molecule has 0 aliphatic rings. The van der Waals surface area contributed by atoms with Crippen molar-refractivity contribution in [1.82, 2.24) is 0 Å². The molecule has 0 aromatic heterocycles. The predicted molar refractivity (Wildman–Crippen MR) is 68.2 cm³/mol. The zero-order valence-electron chi connectivity index (χ0n) is 10.6. The maximum Gasteiger partial charge on any atom is 0.461 e. The first kappa shape index (κ1) is 14.9. The van der Waals surface area contributed by atoms with Crippen LogP contribution in [0.15, 0.2) is 48.5 Å². The lowest BCUT2D eigenvalue weighted by Crippen LogP contribution is -2.33. The fraction of sp³-hybridized carbons (Fsp3) is 0.133. The average Bonchev–Trinajstić information content (AvgIpc) is 2.47. The lowest BCUT2D eigenvalue weighted by molar-refractivity contribution is -0.253. The molecule has 0 unspecified atom stereocenters. The second-order valence-corrected chi connectivity index (χ2v) is 4.18. The van der Waals surface area contributed by atoms with Gasteiger partial charge in [-0.2, -0.15) is 22.8 Å². The minimum absolute atomic E-state index is 0.375. The molecule has 0 spiro atoms. The molecule has 0 saturated heterocycles. The Hall–Kier alpha value is -2.55. The number of alkyl halides is 4. The van der Waals surface area contributed by atoms with Crippen molar-refractivity contribution < 1.29 is 22.3 Å². The van der Waals surface area contributed by atoms with Crippen LogP contribution in [0.25, 0.3) is 11.1 Å². The Kier molecular flexibility index (Phi) is 4.13. The van der Waals surface area contributed by atoms with Crippen LogP contribution < -0.4 is 4.74 Å². The summed E-state index contributed by atoms with van der Waals surface area (Å²) < 4.78 is 54.0. The first-order chi connectivity index (χ1) is 9.92. The van der Waals surface area contributed by atoms with E-state index < -0.39 is 12.5 Å². The standard InChI is InChI=1S/C15H9F4NO/c16-14(17)15(18,19)21-13-6-2-5-12(8-13)11-4-1-3-10(7-11)9-20/h1-8,14H. The molecule has 0 bridgehead atoms. The molecular formula is C15H9F4NO. The third-order valence-electron chi connectivity index (χ3n) is 2.67. The first-order valence-corrected chi connectivity index (χ1v) is 5.88. The van der Waals surface area contributed by atoms with Crippen molar-refractivity contribution in [3.63, 3.8) is 0 Å². The number of hydrogen-bond acceptors (Lipinski definition) is 2. The van der Waals surface area contributed by atoms with Gasteiger partial charge in [-0.15, -0.1) is 0 Å². The summed E-state index contributed by atoms with van der Waals surface area (Å²) in [7, 11) is 0. The van der Waals surface area contributed by atoms with E-state index in [9.17, 15) is 17.6 Å². The highest BCUT2D eigenvalue weighted by atomic mass is 19.3. The highest BCUT2D eigenvalue weighted by Crippen LogP contribution is 2.30. The average molecular weight is 295 g/mol. The molecule has 2 aromatic carbocycles. The molecule has 21 heavy (non-hydrogen) atoms. The summed E-state index contributed by atoms with van der Waals surface area (Å²) in [6.45, 7) is 0. The van der Waals surface area contributed by atoms with Gasteiger partial charge in [0.2, 0.25) is 0 Å². The van der Waals surface area contributed by atoms with Gasteiger partial charge in [0.05, 0.1) is 11.6 Å². The van der Waals surface area contributed by atoms with Crippen molar-refractivity contribution in [3.8, 4) is 22.9 Å². The Balaban J connectivity index is 2.32. The lowest BCUT2D eigenvalue weighted by Gasteiger charge is -2.17. The Morgan fingerprint density at radius 3 is 2.24 bits per heavy atom. The SMILES string of the molecule is N#Cc1cccc(-c2cccc(OC(F)(F)C(F)F)c2)c1. The van der Waals surface area contributed by atoms with Gasteiger partial charge in [0.15, 0.2) is 0 Å². The Morgan fingerprint density at radius 1 is 1.00 bits per heavy atom. The molecule has 0 saturated carbocycles. The lowest BCUT2D eigenvalue weighted by atomic mass is 10.0. The monoisotopic (exact) mass is 295 g/mol. The molecule has 0 radical (unpaired) electrons. The van der Waals surface area contributed by atoms with Gasteiger partial charge in [0, 0.05) is 0 Å². The molecule has 108 valence electrons. The van der Waals surface area contributed by atoms with Crippen LogP contribution in [0.5, 0.6) is 5.75 Å². The van der Waals surface area contributed by atoms with Crippen molar-refractivity contribution in [2.45, 2.75) is 12.5 Å². The summed E-state index contributed by atoms with van der Waals surface area (Å²) in [4.78, 5) is 0. The van der Waals surface area contributed by atoms with Crippen molar-refractivity contribution in [1.29, 1.82) is 5.26 Å². The number of ether oxygens (including phenoxy) is 1. The van der Waals surface area contributed by atoms with Crippen molar-refractivity contribution in [2.75, 3.05) is 0 Å².